The van der Waals surface area contributed by atoms with Crippen LogP contribution in [0.1, 0.15) is 38.7 Å². The fourth-order valence-electron chi connectivity index (χ4n) is 2.07. The first kappa shape index (κ1) is 17.0. The average Bonchev–Trinajstić information content (AvgIpc) is 2.48. The van der Waals surface area contributed by atoms with Gasteiger partial charge in [0.2, 0.25) is 0 Å². The van der Waals surface area contributed by atoms with Gasteiger partial charge in [-0.1, -0.05) is 12.1 Å². The summed E-state index contributed by atoms with van der Waals surface area (Å²) in [5.41, 5.74) is 4.13. The second-order valence-electron chi connectivity index (χ2n) is 5.75. The van der Waals surface area contributed by atoms with Gasteiger partial charge in [-0.2, -0.15) is 0 Å². The van der Waals surface area contributed by atoms with E-state index in [1.165, 1.54) is 5.56 Å². The van der Waals surface area contributed by atoms with Crippen LogP contribution in [0.2, 0.25) is 0 Å². The smallest absolute Gasteiger partial charge is 0.118 e. The highest BCUT2D eigenvalue weighted by Crippen LogP contribution is 2.19. The van der Waals surface area contributed by atoms with Crippen LogP contribution < -0.4 is 16.0 Å². The Bertz CT molecular complexity index is 377. The fourth-order valence-corrected chi connectivity index (χ4v) is 2.07. The number of nitrogens with one attached hydrogen (secondary N) is 1. The van der Waals surface area contributed by atoms with E-state index in [2.05, 4.69) is 31.4 Å². The highest BCUT2D eigenvalue weighted by Gasteiger charge is 2.18. The highest BCUT2D eigenvalue weighted by atomic mass is 16.5. The molecule has 0 fully saturated rings. The summed E-state index contributed by atoms with van der Waals surface area (Å²) in [6.07, 6.45) is 4.02. The number of rotatable bonds is 9. The summed E-state index contributed by atoms with van der Waals surface area (Å²) in [5, 5.41) is 0. The third kappa shape index (κ3) is 5.90. The highest BCUT2D eigenvalue weighted by molar-refractivity contribution is 5.27. The van der Waals surface area contributed by atoms with Crippen molar-refractivity contribution < 1.29 is 9.47 Å². The molecular weight excluding hydrogens is 252 g/mol. The third-order valence-electron chi connectivity index (χ3n) is 3.82. The maximum atomic E-state index is 5.64. The Morgan fingerprint density at radius 2 is 1.80 bits per heavy atom. The van der Waals surface area contributed by atoms with E-state index in [9.17, 15) is 0 Å². The van der Waals surface area contributed by atoms with Gasteiger partial charge in [-0.3, -0.25) is 11.3 Å². The molecule has 0 radical (unpaired) electrons. The van der Waals surface area contributed by atoms with E-state index in [-0.39, 0.29) is 5.60 Å². The summed E-state index contributed by atoms with van der Waals surface area (Å²) in [5.74, 6) is 6.54. The SMILES string of the molecule is COc1ccc(CCC(CCC(C)(C)OC)NN)cc1. The zero-order chi connectivity index (χ0) is 15.0. The summed E-state index contributed by atoms with van der Waals surface area (Å²) in [6.45, 7) is 4.20. The van der Waals surface area contributed by atoms with Crippen molar-refractivity contribution in [1.29, 1.82) is 0 Å². The van der Waals surface area contributed by atoms with Gasteiger partial charge in [0, 0.05) is 13.2 Å². The minimum atomic E-state index is -0.0881. The molecule has 0 saturated carbocycles. The van der Waals surface area contributed by atoms with Gasteiger partial charge in [0.1, 0.15) is 5.75 Å². The molecule has 20 heavy (non-hydrogen) atoms. The predicted octanol–water partition coefficient (Wildman–Crippen LogP) is 2.66. The van der Waals surface area contributed by atoms with E-state index in [1.54, 1.807) is 14.2 Å². The summed E-state index contributed by atoms with van der Waals surface area (Å²) in [4.78, 5) is 0. The molecule has 0 saturated heterocycles. The molecule has 0 amide bonds. The van der Waals surface area contributed by atoms with Gasteiger partial charge in [0.25, 0.3) is 0 Å². The largest absolute Gasteiger partial charge is 0.497 e. The van der Waals surface area contributed by atoms with Gasteiger partial charge in [0.15, 0.2) is 0 Å². The zero-order valence-corrected chi connectivity index (χ0v) is 13.1. The lowest BCUT2D eigenvalue weighted by molar-refractivity contribution is 0.0115. The van der Waals surface area contributed by atoms with Crippen molar-refractivity contribution in [2.45, 2.75) is 51.2 Å². The first-order valence-corrected chi connectivity index (χ1v) is 7.15. The van der Waals surface area contributed by atoms with Crippen molar-refractivity contribution in [3.63, 3.8) is 0 Å². The molecule has 1 unspecified atom stereocenters. The number of aryl methyl sites for hydroxylation is 1. The number of benzene rings is 1. The Balaban J connectivity index is 2.40. The van der Waals surface area contributed by atoms with Gasteiger partial charge in [-0.15, -0.1) is 0 Å². The van der Waals surface area contributed by atoms with Crippen molar-refractivity contribution in [2.75, 3.05) is 14.2 Å². The molecule has 0 spiro atoms. The molecule has 4 heteroatoms. The minimum Gasteiger partial charge on any atom is -0.497 e. The van der Waals surface area contributed by atoms with Gasteiger partial charge in [-0.05, 0) is 57.2 Å². The first-order chi connectivity index (χ1) is 9.50. The minimum absolute atomic E-state index is 0.0881. The van der Waals surface area contributed by atoms with E-state index in [4.69, 9.17) is 15.3 Å². The molecule has 1 aromatic carbocycles. The maximum absolute atomic E-state index is 5.64. The monoisotopic (exact) mass is 280 g/mol. The number of hydrogen-bond acceptors (Lipinski definition) is 4. The van der Waals surface area contributed by atoms with Crippen LogP contribution in [0.3, 0.4) is 0 Å². The number of ether oxygens (including phenoxy) is 2. The molecule has 1 aromatic rings. The fraction of sp³-hybridized carbons (Fsp3) is 0.625. The molecule has 0 aromatic heterocycles. The lowest BCUT2D eigenvalue weighted by Crippen LogP contribution is -2.37. The molecule has 0 aliphatic carbocycles. The molecule has 0 bridgehead atoms. The van der Waals surface area contributed by atoms with E-state index in [0.29, 0.717) is 6.04 Å². The first-order valence-electron chi connectivity index (χ1n) is 7.15. The van der Waals surface area contributed by atoms with Crippen LogP contribution in [0.25, 0.3) is 0 Å². The average molecular weight is 280 g/mol. The lowest BCUT2D eigenvalue weighted by atomic mass is 9.95. The summed E-state index contributed by atoms with van der Waals surface area (Å²) in [7, 11) is 3.43. The van der Waals surface area contributed by atoms with Crippen LogP contribution in [-0.4, -0.2) is 25.9 Å². The molecule has 0 heterocycles. The lowest BCUT2D eigenvalue weighted by Gasteiger charge is -2.25. The van der Waals surface area contributed by atoms with Crippen LogP contribution in [0.5, 0.6) is 5.75 Å². The van der Waals surface area contributed by atoms with E-state index < -0.39 is 0 Å². The summed E-state index contributed by atoms with van der Waals surface area (Å²) >= 11 is 0. The molecule has 114 valence electrons. The normalized spacial score (nSPS) is 13.2. The van der Waals surface area contributed by atoms with Crippen LogP contribution in [0.4, 0.5) is 0 Å². The Labute approximate surface area is 122 Å². The van der Waals surface area contributed by atoms with Crippen LogP contribution in [-0.2, 0) is 11.2 Å². The van der Waals surface area contributed by atoms with Crippen molar-refractivity contribution in [3.05, 3.63) is 29.8 Å². The standard InChI is InChI=1S/C16H28N2O2/c1-16(2,20-4)12-11-14(18-17)8-5-13-6-9-15(19-3)10-7-13/h6-7,9-10,14,18H,5,8,11-12,17H2,1-4H3. The van der Waals surface area contributed by atoms with Crippen LogP contribution in [0.15, 0.2) is 24.3 Å². The number of hydrazine groups is 1. The van der Waals surface area contributed by atoms with E-state index in [1.807, 2.05) is 12.1 Å². The molecule has 3 N–H and O–H groups in total. The Morgan fingerprint density at radius 3 is 2.30 bits per heavy atom. The Morgan fingerprint density at radius 1 is 1.15 bits per heavy atom. The van der Waals surface area contributed by atoms with Crippen molar-refractivity contribution in [2.24, 2.45) is 5.84 Å². The van der Waals surface area contributed by atoms with Gasteiger partial charge >= 0.3 is 0 Å². The van der Waals surface area contributed by atoms with Crippen molar-refractivity contribution in [3.8, 4) is 5.75 Å². The maximum Gasteiger partial charge on any atom is 0.118 e. The second-order valence-corrected chi connectivity index (χ2v) is 5.75. The number of hydrogen-bond donors (Lipinski definition) is 2. The van der Waals surface area contributed by atoms with Crippen LogP contribution >= 0.6 is 0 Å². The predicted molar refractivity (Wildman–Crippen MR) is 82.7 cm³/mol. The zero-order valence-electron chi connectivity index (χ0n) is 13.1. The summed E-state index contributed by atoms with van der Waals surface area (Å²) in [6, 6.07) is 8.51. The number of methoxy groups -OCH3 is 2. The molecule has 1 atom stereocenters. The molecular formula is C16H28N2O2. The van der Waals surface area contributed by atoms with Crippen molar-refractivity contribution in [1.82, 2.24) is 5.43 Å². The summed E-state index contributed by atoms with van der Waals surface area (Å²) < 4.78 is 10.6. The number of nitrogens with two attached hydrogens (primary N) is 1. The van der Waals surface area contributed by atoms with Crippen molar-refractivity contribution >= 4 is 0 Å². The Kier molecular flexibility index (Phi) is 6.99. The van der Waals surface area contributed by atoms with E-state index >= 15 is 0 Å². The molecule has 1 rings (SSSR count). The van der Waals surface area contributed by atoms with E-state index in [0.717, 1.165) is 31.4 Å². The van der Waals surface area contributed by atoms with Crippen LogP contribution in [0, 0.1) is 0 Å². The molecule has 0 aliphatic rings. The quantitative estimate of drug-likeness (QED) is 0.539. The molecule has 0 aliphatic heterocycles. The van der Waals surface area contributed by atoms with Gasteiger partial charge in [0.05, 0.1) is 12.7 Å². The second kappa shape index (κ2) is 8.25. The Hall–Kier alpha value is -1.10. The molecule has 4 nitrogen and oxygen atoms in total. The third-order valence-corrected chi connectivity index (χ3v) is 3.82. The topological polar surface area (TPSA) is 56.5 Å². The van der Waals surface area contributed by atoms with Gasteiger partial charge in [-0.25, -0.2) is 0 Å². The van der Waals surface area contributed by atoms with Gasteiger partial charge < -0.3 is 9.47 Å².